The second kappa shape index (κ2) is 32.7. The number of nitrogens with one attached hydrogen (secondary N) is 4. The van der Waals surface area contributed by atoms with Crippen LogP contribution in [0.2, 0.25) is 0 Å². The van der Waals surface area contributed by atoms with Gasteiger partial charge in [-0.1, -0.05) is 6.08 Å². The first-order chi connectivity index (χ1) is 36.9. The summed E-state index contributed by atoms with van der Waals surface area (Å²) in [5.41, 5.74) is -0.943. The van der Waals surface area contributed by atoms with E-state index in [0.29, 0.717) is 0 Å². The lowest BCUT2D eigenvalue weighted by Gasteiger charge is -2.49. The van der Waals surface area contributed by atoms with Crippen LogP contribution in [0.1, 0.15) is 88.5 Å². The average Bonchev–Trinajstić information content (AvgIpc) is 3.34. The molecule has 2 aliphatic rings. The maximum Gasteiger partial charge on any atom is 0.408 e. The largest absolute Gasteiger partial charge is 0.468 e. The van der Waals surface area contributed by atoms with Crippen molar-refractivity contribution in [3.8, 4) is 0 Å². The topological polar surface area (TPSA) is 390 Å². The third-order valence-corrected chi connectivity index (χ3v) is 11.8. The van der Waals surface area contributed by atoms with Gasteiger partial charge in [0.05, 0.1) is 19.5 Å². The van der Waals surface area contributed by atoms with Gasteiger partial charge in [-0.3, -0.25) is 52.7 Å². The summed E-state index contributed by atoms with van der Waals surface area (Å²) in [7, 11) is 2.12. The number of allylic oxidation sites excluding steroid dienone is 1. The number of esters is 9. The highest BCUT2D eigenvalue weighted by atomic mass is 32.2. The molecular weight excluding hydrogens is 1080 g/mol. The highest BCUT2D eigenvalue weighted by Gasteiger charge is 2.58. The maximum absolute atomic E-state index is 14.4. The zero-order valence-corrected chi connectivity index (χ0v) is 46.6. The second-order valence-corrected chi connectivity index (χ2v) is 19.5. The zero-order chi connectivity index (χ0) is 59.9. The molecule has 4 N–H and O–H groups in total. The fraction of sp³-hybridized carbons (Fsp3) is 0.688. The Morgan fingerprint density at radius 2 is 1.11 bits per heavy atom. The standard InChI is InChI=1S/C48H70N4O26S/c1-14-15-33(79-21-30(42(62)49-18-35(61)66-12)50-34(60)17-16-29(45(64)67-13)51-47(65)78-48(9,10)11)43(63)52-44-40(73-27(7)58)38(71-25(5)56)37(31(75-44)19-68-22(2)53)77-46-41(74-28(8)59)39(72-26(6)57)36(70-24(4)55)32(76-46)20-69-23(3)54/h14,29-33,36-41,44,46H,1,15-21H2,2-13H3,(H,49,62)(H,50,60)(H,51,65)(H,52,63)/t29-,30-,31+,32+,33?,36+,37+,38-,39-,40+,41+,44+,46-/m0/s1. The van der Waals surface area contributed by atoms with Crippen molar-refractivity contribution in [2.24, 2.45) is 0 Å². The van der Waals surface area contributed by atoms with Crippen LogP contribution in [-0.4, -0.2) is 202 Å². The highest BCUT2D eigenvalue weighted by molar-refractivity contribution is 8.00. The molecule has 2 aliphatic heterocycles. The van der Waals surface area contributed by atoms with Gasteiger partial charge in [0.25, 0.3) is 0 Å². The van der Waals surface area contributed by atoms with Crippen molar-refractivity contribution < 1.29 is 124 Å². The van der Waals surface area contributed by atoms with Crippen LogP contribution in [0.3, 0.4) is 0 Å². The smallest absolute Gasteiger partial charge is 0.408 e. The molecule has 2 fully saturated rings. The predicted octanol–water partition coefficient (Wildman–Crippen LogP) is -0.979. The number of methoxy groups -OCH3 is 2. The van der Waals surface area contributed by atoms with Crippen molar-refractivity contribution in [2.45, 2.75) is 173 Å². The van der Waals surface area contributed by atoms with Crippen LogP contribution in [0.15, 0.2) is 12.7 Å². The van der Waals surface area contributed by atoms with Crippen LogP contribution in [-0.2, 0) is 119 Å². The molecule has 0 aromatic rings. The van der Waals surface area contributed by atoms with Gasteiger partial charge in [-0.25, -0.2) is 9.59 Å². The van der Waals surface area contributed by atoms with Crippen LogP contribution in [0.4, 0.5) is 4.79 Å². The Morgan fingerprint density at radius 3 is 1.61 bits per heavy atom. The van der Waals surface area contributed by atoms with E-state index in [1.54, 1.807) is 20.8 Å². The van der Waals surface area contributed by atoms with Gasteiger partial charge in [0, 0.05) is 60.6 Å². The molecule has 0 aromatic carbocycles. The molecule has 31 heteroatoms. The molecular formula is C48H70N4O26S. The number of amides is 4. The molecule has 2 rings (SSSR count). The summed E-state index contributed by atoms with van der Waals surface area (Å²) in [6.07, 6.45) is -18.5. The number of carbonyl (C=O) groups excluding carboxylic acids is 13. The van der Waals surface area contributed by atoms with Crippen molar-refractivity contribution in [3.05, 3.63) is 12.7 Å². The van der Waals surface area contributed by atoms with Crippen LogP contribution in [0.25, 0.3) is 0 Å². The van der Waals surface area contributed by atoms with E-state index >= 15 is 0 Å². The van der Waals surface area contributed by atoms with Crippen molar-refractivity contribution in [1.82, 2.24) is 21.3 Å². The minimum Gasteiger partial charge on any atom is -0.468 e. The summed E-state index contributed by atoms with van der Waals surface area (Å²) in [6, 6.07) is -2.88. The van der Waals surface area contributed by atoms with Gasteiger partial charge in [0.2, 0.25) is 17.7 Å². The molecule has 4 amide bonds. The molecule has 79 heavy (non-hydrogen) atoms. The number of alkyl carbamates (subject to hydrolysis) is 1. The number of rotatable bonds is 27. The molecule has 13 atom stereocenters. The number of ether oxygens (including phenoxy) is 13. The predicted molar refractivity (Wildman–Crippen MR) is 264 cm³/mol. The zero-order valence-electron chi connectivity index (χ0n) is 45.8. The summed E-state index contributed by atoms with van der Waals surface area (Å²) < 4.78 is 71.4. The van der Waals surface area contributed by atoms with Gasteiger partial charge in [-0.2, -0.15) is 0 Å². The summed E-state index contributed by atoms with van der Waals surface area (Å²) in [5, 5.41) is 8.43. The normalized spacial score (nSPS) is 23.6. The molecule has 30 nitrogen and oxygen atoms in total. The molecule has 0 saturated carbocycles. The van der Waals surface area contributed by atoms with Crippen molar-refractivity contribution in [3.63, 3.8) is 0 Å². The van der Waals surface area contributed by atoms with Crippen LogP contribution in [0, 0.1) is 0 Å². The summed E-state index contributed by atoms with van der Waals surface area (Å²) in [6.45, 7) is 13.3. The molecule has 0 radical (unpaired) electrons. The van der Waals surface area contributed by atoms with E-state index < -0.39 is 194 Å². The van der Waals surface area contributed by atoms with Gasteiger partial charge >= 0.3 is 59.8 Å². The Hall–Kier alpha value is -7.12. The highest BCUT2D eigenvalue weighted by Crippen LogP contribution is 2.35. The van der Waals surface area contributed by atoms with Crippen molar-refractivity contribution >= 4 is 89.3 Å². The molecule has 2 saturated heterocycles. The van der Waals surface area contributed by atoms with E-state index in [2.05, 4.69) is 32.6 Å². The molecule has 444 valence electrons. The SMILES string of the molecule is C=CCC(SC[C@H](NC(=O)CC[C@H](NC(=O)OC(C)(C)C)C(=O)OC)C(=O)NCC(=O)OC)C(=O)N[C@@H]1O[C@H](COC(C)=O)[C@@H](O[C@@H]2O[C@H](COC(C)=O)[C@@H](OC(C)=O)[C@H](OC(C)=O)[C@H]2OC(C)=O)[C@H](OC(C)=O)[C@H]1OC(C)=O. The minimum absolute atomic E-state index is 0.165. The Labute approximate surface area is 458 Å². The maximum atomic E-state index is 14.4. The molecule has 0 aromatic heterocycles. The van der Waals surface area contributed by atoms with Gasteiger partial charge in [-0.15, -0.1) is 18.3 Å². The quantitative estimate of drug-likeness (QED) is 0.0436. The van der Waals surface area contributed by atoms with Gasteiger partial charge in [0.1, 0.15) is 55.8 Å². The number of hydrogen-bond acceptors (Lipinski definition) is 27. The van der Waals surface area contributed by atoms with E-state index in [0.717, 1.165) is 74.4 Å². The third kappa shape index (κ3) is 24.2. The minimum atomic E-state index is -1.98. The van der Waals surface area contributed by atoms with E-state index in [1.807, 2.05) is 0 Å². The molecule has 1 unspecified atom stereocenters. The Bertz CT molecular complexity index is 2220. The first kappa shape index (κ1) is 68.0. The Kier molecular flexibility index (Phi) is 28.1. The van der Waals surface area contributed by atoms with Gasteiger partial charge in [-0.05, 0) is 33.6 Å². The first-order valence-electron chi connectivity index (χ1n) is 24.2. The lowest BCUT2D eigenvalue weighted by molar-refractivity contribution is -0.345. The van der Waals surface area contributed by atoms with Gasteiger partial charge in [0.15, 0.2) is 43.0 Å². The van der Waals surface area contributed by atoms with Crippen LogP contribution < -0.4 is 21.3 Å². The Balaban J connectivity index is 2.66. The van der Waals surface area contributed by atoms with Crippen LogP contribution >= 0.6 is 11.8 Å². The lowest BCUT2D eigenvalue weighted by Crippen LogP contribution is -2.69. The molecule has 2 heterocycles. The monoisotopic (exact) mass is 1150 g/mol. The van der Waals surface area contributed by atoms with E-state index in [4.69, 9.17) is 56.8 Å². The number of hydrogen-bond donors (Lipinski definition) is 4. The van der Waals surface area contributed by atoms with Crippen molar-refractivity contribution in [1.29, 1.82) is 0 Å². The van der Waals surface area contributed by atoms with Crippen LogP contribution in [0.5, 0.6) is 0 Å². The Morgan fingerprint density at radius 1 is 0.608 bits per heavy atom. The number of thioether (sulfide) groups is 1. The first-order valence-corrected chi connectivity index (χ1v) is 25.3. The average molecular weight is 1150 g/mol. The number of carbonyl (C=O) groups is 13. The lowest BCUT2D eigenvalue weighted by atomic mass is 9.95. The molecule has 0 aliphatic carbocycles. The van der Waals surface area contributed by atoms with E-state index in [-0.39, 0.29) is 12.8 Å². The summed E-state index contributed by atoms with van der Waals surface area (Å²) >= 11 is 0.770. The molecule has 0 bridgehead atoms. The van der Waals surface area contributed by atoms with Gasteiger partial charge < -0.3 is 82.8 Å². The molecule has 0 spiro atoms. The fourth-order valence-electron chi connectivity index (χ4n) is 7.40. The van der Waals surface area contributed by atoms with Crippen molar-refractivity contribution in [2.75, 3.05) is 39.7 Å². The summed E-state index contributed by atoms with van der Waals surface area (Å²) in [4.78, 5) is 166. The van der Waals surface area contributed by atoms with E-state index in [9.17, 15) is 62.3 Å². The fourth-order valence-corrected chi connectivity index (χ4v) is 8.55. The second-order valence-electron chi connectivity index (χ2n) is 18.2. The third-order valence-electron chi connectivity index (χ3n) is 10.5. The summed E-state index contributed by atoms with van der Waals surface area (Å²) in [5.74, 6) is -11.6. The van der Waals surface area contributed by atoms with E-state index in [1.165, 1.54) is 6.08 Å².